The van der Waals surface area contributed by atoms with Crippen molar-refractivity contribution in [2.45, 2.75) is 6.92 Å². The Bertz CT molecular complexity index is 867. The number of non-ortho nitro benzene ring substituents is 1. The highest BCUT2D eigenvalue weighted by atomic mass is 16.7. The van der Waals surface area contributed by atoms with Crippen LogP contribution in [0, 0.1) is 10.1 Å². The van der Waals surface area contributed by atoms with E-state index in [0.717, 1.165) is 11.3 Å². The van der Waals surface area contributed by atoms with Crippen molar-refractivity contribution in [1.82, 2.24) is 0 Å². The maximum Gasteiger partial charge on any atom is 0.368 e. The first kappa shape index (κ1) is 16.4. The quantitative estimate of drug-likeness (QED) is 0.361. The zero-order valence-corrected chi connectivity index (χ0v) is 13.3. The van der Waals surface area contributed by atoms with Gasteiger partial charge in [-0.15, -0.1) is 0 Å². The lowest BCUT2D eigenvalue weighted by Gasteiger charge is -2.03. The molecule has 0 aromatic heterocycles. The molecule has 0 saturated heterocycles. The number of hydrogen-bond donors (Lipinski definition) is 0. The van der Waals surface area contributed by atoms with E-state index in [1.165, 1.54) is 24.3 Å². The molecule has 7 nitrogen and oxygen atoms in total. The minimum Gasteiger partial charge on any atom is -0.494 e. The summed E-state index contributed by atoms with van der Waals surface area (Å²) < 4.78 is 5.38. The van der Waals surface area contributed by atoms with E-state index in [-0.39, 0.29) is 11.3 Å². The number of ether oxygens (including phenoxy) is 1. The van der Waals surface area contributed by atoms with E-state index < -0.39 is 10.9 Å². The van der Waals surface area contributed by atoms with Crippen LogP contribution in [0.25, 0.3) is 6.08 Å². The van der Waals surface area contributed by atoms with Crippen LogP contribution >= 0.6 is 0 Å². The first-order chi connectivity index (χ1) is 12.1. The first-order valence-electron chi connectivity index (χ1n) is 7.57. The molecule has 0 saturated carbocycles. The van der Waals surface area contributed by atoms with Crippen molar-refractivity contribution >= 4 is 23.4 Å². The Morgan fingerprint density at radius 3 is 2.44 bits per heavy atom. The van der Waals surface area contributed by atoms with Crippen LogP contribution < -0.4 is 4.74 Å². The smallest absolute Gasteiger partial charge is 0.368 e. The van der Waals surface area contributed by atoms with Gasteiger partial charge in [0.2, 0.25) is 0 Å². The van der Waals surface area contributed by atoms with Gasteiger partial charge in [0.05, 0.1) is 17.1 Å². The number of rotatable bonds is 5. The minimum absolute atomic E-state index is 0.0355. The molecule has 3 rings (SSSR count). The molecule has 1 aliphatic rings. The molecule has 0 atom stereocenters. The van der Waals surface area contributed by atoms with E-state index in [0.29, 0.717) is 17.9 Å². The fourth-order valence-corrected chi connectivity index (χ4v) is 2.35. The van der Waals surface area contributed by atoms with Crippen LogP contribution in [-0.2, 0) is 9.63 Å². The molecule has 126 valence electrons. The van der Waals surface area contributed by atoms with Crippen LogP contribution in [0.4, 0.5) is 5.69 Å². The minimum atomic E-state index is -0.567. The summed E-state index contributed by atoms with van der Waals surface area (Å²) in [7, 11) is 0. The molecule has 1 aliphatic heterocycles. The summed E-state index contributed by atoms with van der Waals surface area (Å²) in [6.45, 7) is 2.47. The van der Waals surface area contributed by atoms with E-state index in [1.54, 1.807) is 18.2 Å². The maximum atomic E-state index is 12.0. The van der Waals surface area contributed by atoms with Gasteiger partial charge in [-0.2, -0.15) is 0 Å². The Labute approximate surface area is 143 Å². The van der Waals surface area contributed by atoms with Crippen molar-refractivity contribution in [2.24, 2.45) is 5.16 Å². The normalized spacial score (nSPS) is 15.0. The van der Waals surface area contributed by atoms with Gasteiger partial charge < -0.3 is 9.57 Å². The number of oxime groups is 1. The van der Waals surface area contributed by atoms with Crippen LogP contribution in [0.15, 0.2) is 59.3 Å². The average molecular weight is 338 g/mol. The standard InChI is InChI=1S/C18H14N2O5/c1-2-24-15-9-3-12(4-10-15)11-16-17(19-25-18(16)21)13-5-7-14(8-6-13)20(22)23/h3-11H,2H2,1H3/b16-11-. The molecular weight excluding hydrogens is 324 g/mol. The van der Waals surface area contributed by atoms with E-state index in [4.69, 9.17) is 9.57 Å². The fourth-order valence-electron chi connectivity index (χ4n) is 2.35. The van der Waals surface area contributed by atoms with Crippen LogP contribution in [-0.4, -0.2) is 23.2 Å². The number of nitro groups is 1. The largest absolute Gasteiger partial charge is 0.494 e. The third-order valence-electron chi connectivity index (χ3n) is 3.55. The Kier molecular flexibility index (Phi) is 4.56. The van der Waals surface area contributed by atoms with Gasteiger partial charge >= 0.3 is 5.97 Å². The second-order valence-electron chi connectivity index (χ2n) is 5.18. The van der Waals surface area contributed by atoms with Gasteiger partial charge in [0.15, 0.2) is 0 Å². The number of hydrogen-bond acceptors (Lipinski definition) is 6. The summed E-state index contributed by atoms with van der Waals surface area (Å²) in [5, 5.41) is 14.5. The average Bonchev–Trinajstić information content (AvgIpc) is 2.98. The van der Waals surface area contributed by atoms with E-state index >= 15 is 0 Å². The molecular formula is C18H14N2O5. The summed E-state index contributed by atoms with van der Waals surface area (Å²) in [5.41, 5.74) is 1.94. The summed E-state index contributed by atoms with van der Waals surface area (Å²) in [6, 6.07) is 13.0. The van der Waals surface area contributed by atoms with Gasteiger partial charge in [0.1, 0.15) is 11.5 Å². The molecule has 0 unspecified atom stereocenters. The summed E-state index contributed by atoms with van der Waals surface area (Å²) in [6.07, 6.45) is 1.66. The van der Waals surface area contributed by atoms with Crippen LogP contribution in [0.5, 0.6) is 5.75 Å². The summed E-state index contributed by atoms with van der Waals surface area (Å²) in [5.74, 6) is 0.171. The molecule has 25 heavy (non-hydrogen) atoms. The second kappa shape index (κ2) is 6.96. The first-order valence-corrected chi connectivity index (χ1v) is 7.57. The molecule has 0 radical (unpaired) electrons. The zero-order chi connectivity index (χ0) is 17.8. The van der Waals surface area contributed by atoms with Gasteiger partial charge in [-0.05, 0) is 42.8 Å². The van der Waals surface area contributed by atoms with Crippen molar-refractivity contribution < 1.29 is 19.3 Å². The number of carbonyl (C=O) groups is 1. The van der Waals surface area contributed by atoms with Crippen molar-refractivity contribution in [3.05, 3.63) is 75.3 Å². The summed E-state index contributed by atoms with van der Waals surface area (Å²) in [4.78, 5) is 27.0. The SMILES string of the molecule is CCOc1ccc(/C=C2\C(=O)ON=C2c2ccc([N+](=O)[O-])cc2)cc1. The predicted octanol–water partition coefficient (Wildman–Crippen LogP) is 3.34. The van der Waals surface area contributed by atoms with Gasteiger partial charge in [0.25, 0.3) is 5.69 Å². The molecule has 1 heterocycles. The molecule has 0 spiro atoms. The number of benzene rings is 2. The Morgan fingerprint density at radius 2 is 1.84 bits per heavy atom. The molecule has 0 fully saturated rings. The molecule has 0 aliphatic carbocycles. The van der Waals surface area contributed by atoms with Crippen LogP contribution in [0.2, 0.25) is 0 Å². The highest BCUT2D eigenvalue weighted by molar-refractivity contribution is 6.31. The number of nitro benzene ring substituents is 1. The lowest BCUT2D eigenvalue weighted by Crippen LogP contribution is -2.07. The van der Waals surface area contributed by atoms with E-state index in [2.05, 4.69) is 5.16 Å². The van der Waals surface area contributed by atoms with Crippen molar-refractivity contribution in [3.8, 4) is 5.75 Å². The van der Waals surface area contributed by atoms with Crippen LogP contribution in [0.3, 0.4) is 0 Å². The van der Waals surface area contributed by atoms with Crippen molar-refractivity contribution in [1.29, 1.82) is 0 Å². The topological polar surface area (TPSA) is 91.0 Å². The van der Waals surface area contributed by atoms with Gasteiger partial charge in [-0.1, -0.05) is 17.3 Å². The maximum absolute atomic E-state index is 12.0. The zero-order valence-electron chi connectivity index (χ0n) is 13.3. The number of carbonyl (C=O) groups excluding carboxylic acids is 1. The Balaban J connectivity index is 1.89. The Hall–Kier alpha value is -3.48. The van der Waals surface area contributed by atoms with Crippen molar-refractivity contribution in [3.63, 3.8) is 0 Å². The van der Waals surface area contributed by atoms with E-state index in [1.807, 2.05) is 19.1 Å². The van der Waals surface area contributed by atoms with E-state index in [9.17, 15) is 14.9 Å². The highest BCUT2D eigenvalue weighted by Gasteiger charge is 2.27. The second-order valence-corrected chi connectivity index (χ2v) is 5.18. The lowest BCUT2D eigenvalue weighted by atomic mass is 10.0. The predicted molar refractivity (Wildman–Crippen MR) is 91.3 cm³/mol. The molecule has 2 aromatic rings. The molecule has 0 N–H and O–H groups in total. The van der Waals surface area contributed by atoms with Gasteiger partial charge in [-0.3, -0.25) is 10.1 Å². The number of nitrogens with zero attached hydrogens (tertiary/aromatic N) is 2. The third kappa shape index (κ3) is 3.55. The van der Waals surface area contributed by atoms with Gasteiger partial charge in [0, 0.05) is 17.7 Å². The monoisotopic (exact) mass is 338 g/mol. The molecule has 0 amide bonds. The molecule has 2 aromatic carbocycles. The molecule has 7 heteroatoms. The van der Waals surface area contributed by atoms with Crippen LogP contribution in [0.1, 0.15) is 18.1 Å². The highest BCUT2D eigenvalue weighted by Crippen LogP contribution is 2.23. The Morgan fingerprint density at radius 1 is 1.16 bits per heavy atom. The third-order valence-corrected chi connectivity index (χ3v) is 3.55. The molecule has 0 bridgehead atoms. The lowest BCUT2D eigenvalue weighted by molar-refractivity contribution is -0.384. The van der Waals surface area contributed by atoms with Gasteiger partial charge in [-0.25, -0.2) is 4.79 Å². The van der Waals surface area contributed by atoms with Crippen molar-refractivity contribution in [2.75, 3.05) is 6.61 Å². The summed E-state index contributed by atoms with van der Waals surface area (Å²) >= 11 is 0. The fraction of sp³-hybridized carbons (Fsp3) is 0.111.